The van der Waals surface area contributed by atoms with E-state index in [2.05, 4.69) is 41.4 Å². The van der Waals surface area contributed by atoms with Crippen molar-refractivity contribution in [3.05, 3.63) is 27.7 Å². The van der Waals surface area contributed by atoms with Crippen LogP contribution in [0, 0.1) is 5.41 Å². The first-order valence-corrected chi connectivity index (χ1v) is 8.22. The highest BCUT2D eigenvalue weighted by atomic mass is 79.9. The number of halogens is 2. The lowest BCUT2D eigenvalue weighted by molar-refractivity contribution is 0.378. The van der Waals surface area contributed by atoms with Crippen LogP contribution in [0.2, 0.25) is 5.02 Å². The van der Waals surface area contributed by atoms with E-state index in [9.17, 15) is 8.42 Å². The van der Waals surface area contributed by atoms with Gasteiger partial charge in [0.05, 0.1) is 5.02 Å². The van der Waals surface area contributed by atoms with Gasteiger partial charge < -0.3 is 0 Å². The van der Waals surface area contributed by atoms with Crippen molar-refractivity contribution < 1.29 is 8.42 Å². The first kappa shape index (κ1) is 16.0. The third-order valence-electron chi connectivity index (χ3n) is 2.35. The van der Waals surface area contributed by atoms with Crippen molar-refractivity contribution in [2.45, 2.75) is 32.1 Å². The van der Waals surface area contributed by atoms with Gasteiger partial charge in [-0.25, -0.2) is 13.1 Å². The highest BCUT2D eigenvalue weighted by Crippen LogP contribution is 2.25. The number of sulfonamides is 1. The fraction of sp³-hybridized carbons (Fsp3) is 0.500. The maximum Gasteiger partial charge on any atom is 0.242 e. The molecule has 1 rings (SSSR count). The van der Waals surface area contributed by atoms with Gasteiger partial charge in [0.15, 0.2) is 0 Å². The number of rotatable bonds is 4. The summed E-state index contributed by atoms with van der Waals surface area (Å²) in [5.74, 6) is 0. The van der Waals surface area contributed by atoms with E-state index in [1.54, 1.807) is 12.1 Å². The van der Waals surface area contributed by atoms with E-state index in [0.717, 1.165) is 10.9 Å². The number of nitrogens with one attached hydrogen (secondary N) is 1. The molecule has 0 aliphatic rings. The summed E-state index contributed by atoms with van der Waals surface area (Å²) in [5, 5.41) is 0.215. The van der Waals surface area contributed by atoms with Crippen LogP contribution in [0.5, 0.6) is 0 Å². The van der Waals surface area contributed by atoms with Gasteiger partial charge in [-0.05, 0) is 30.0 Å². The topological polar surface area (TPSA) is 46.2 Å². The van der Waals surface area contributed by atoms with Crippen molar-refractivity contribution in [1.82, 2.24) is 4.72 Å². The fourth-order valence-electron chi connectivity index (χ4n) is 1.33. The largest absolute Gasteiger partial charge is 0.242 e. The Balaban J connectivity index is 2.81. The lowest BCUT2D eigenvalue weighted by atomic mass is 9.93. The first-order valence-electron chi connectivity index (χ1n) is 5.56. The zero-order chi connectivity index (χ0) is 14.0. The third-order valence-corrected chi connectivity index (χ3v) is 4.79. The Morgan fingerprint density at radius 2 is 1.94 bits per heavy atom. The van der Waals surface area contributed by atoms with E-state index < -0.39 is 10.0 Å². The van der Waals surface area contributed by atoms with E-state index in [1.807, 2.05) is 0 Å². The van der Waals surface area contributed by atoms with E-state index in [0.29, 0.717) is 6.54 Å². The maximum atomic E-state index is 12.0. The predicted molar refractivity (Wildman–Crippen MR) is 78.4 cm³/mol. The van der Waals surface area contributed by atoms with Crippen molar-refractivity contribution in [3.8, 4) is 0 Å². The molecule has 0 aliphatic heterocycles. The molecule has 0 atom stereocenters. The van der Waals surface area contributed by atoms with Crippen LogP contribution in [0.4, 0.5) is 0 Å². The molecule has 0 aromatic heterocycles. The normalized spacial score (nSPS) is 12.7. The summed E-state index contributed by atoms with van der Waals surface area (Å²) in [6, 6.07) is 4.72. The predicted octanol–water partition coefficient (Wildman–Crippen LogP) is 3.82. The molecule has 0 spiro atoms. The average Bonchev–Trinajstić information content (AvgIpc) is 2.13. The molecule has 18 heavy (non-hydrogen) atoms. The van der Waals surface area contributed by atoms with Crippen molar-refractivity contribution in [2.75, 3.05) is 6.54 Å². The molecule has 3 nitrogen and oxygen atoms in total. The average molecular weight is 355 g/mol. The van der Waals surface area contributed by atoms with Crippen LogP contribution in [0.15, 0.2) is 27.6 Å². The van der Waals surface area contributed by atoms with Crippen LogP contribution in [0.25, 0.3) is 0 Å². The van der Waals surface area contributed by atoms with Crippen molar-refractivity contribution in [2.24, 2.45) is 5.41 Å². The standard InChI is InChI=1S/C12H17BrClNO2S/c1-12(2,3)6-7-15-18(16,17)11-5-4-9(13)8-10(11)14/h4-5,8,15H,6-7H2,1-3H3. The monoisotopic (exact) mass is 353 g/mol. The summed E-state index contributed by atoms with van der Waals surface area (Å²) in [5.41, 5.74) is 0.0893. The molecule has 102 valence electrons. The molecule has 0 fully saturated rings. The zero-order valence-electron chi connectivity index (χ0n) is 10.6. The third kappa shape index (κ3) is 4.88. The molecular weight excluding hydrogens is 338 g/mol. The summed E-state index contributed by atoms with van der Waals surface area (Å²) < 4.78 is 27.4. The van der Waals surface area contributed by atoms with E-state index in [-0.39, 0.29) is 15.3 Å². The Morgan fingerprint density at radius 1 is 1.33 bits per heavy atom. The van der Waals surface area contributed by atoms with Gasteiger partial charge in [0, 0.05) is 11.0 Å². The summed E-state index contributed by atoms with van der Waals surface area (Å²) in [4.78, 5) is 0.112. The summed E-state index contributed by atoms with van der Waals surface area (Å²) >= 11 is 9.18. The second kappa shape index (κ2) is 5.90. The molecule has 0 saturated heterocycles. The fourth-order valence-corrected chi connectivity index (χ4v) is 3.40. The Hall–Kier alpha value is -0.100. The summed E-state index contributed by atoms with van der Waals surface area (Å²) in [6.07, 6.45) is 0.764. The molecule has 0 saturated carbocycles. The van der Waals surface area contributed by atoms with Crippen LogP contribution < -0.4 is 4.72 Å². The van der Waals surface area contributed by atoms with Gasteiger partial charge in [0.1, 0.15) is 4.90 Å². The molecule has 0 heterocycles. The molecule has 0 radical (unpaired) electrons. The molecule has 0 aliphatic carbocycles. The quantitative estimate of drug-likeness (QED) is 0.893. The van der Waals surface area contributed by atoms with Crippen LogP contribution in [0.3, 0.4) is 0 Å². The lowest BCUT2D eigenvalue weighted by Crippen LogP contribution is -2.27. The minimum Gasteiger partial charge on any atom is -0.211 e. The Labute approximate surface area is 122 Å². The van der Waals surface area contributed by atoms with Gasteiger partial charge in [-0.3, -0.25) is 0 Å². The van der Waals surface area contributed by atoms with Crippen molar-refractivity contribution in [3.63, 3.8) is 0 Å². The van der Waals surface area contributed by atoms with Crippen LogP contribution in [-0.4, -0.2) is 15.0 Å². The number of hydrogen-bond donors (Lipinski definition) is 1. The SMILES string of the molecule is CC(C)(C)CCNS(=O)(=O)c1ccc(Br)cc1Cl. The van der Waals surface area contributed by atoms with E-state index in [4.69, 9.17) is 11.6 Å². The van der Waals surface area contributed by atoms with Gasteiger partial charge in [-0.1, -0.05) is 48.3 Å². The van der Waals surface area contributed by atoms with Crippen molar-refractivity contribution in [1.29, 1.82) is 0 Å². The molecular formula is C12H17BrClNO2S. The number of hydrogen-bond acceptors (Lipinski definition) is 2. The Morgan fingerprint density at radius 3 is 2.44 bits per heavy atom. The highest BCUT2D eigenvalue weighted by Gasteiger charge is 2.19. The molecule has 1 aromatic rings. The van der Waals surface area contributed by atoms with E-state index >= 15 is 0 Å². The van der Waals surface area contributed by atoms with Crippen LogP contribution in [-0.2, 0) is 10.0 Å². The maximum absolute atomic E-state index is 12.0. The van der Waals surface area contributed by atoms with E-state index in [1.165, 1.54) is 6.07 Å². The van der Waals surface area contributed by atoms with Gasteiger partial charge in [0.25, 0.3) is 0 Å². The second-order valence-corrected chi connectivity index (χ2v) is 8.34. The van der Waals surface area contributed by atoms with Gasteiger partial charge in [0.2, 0.25) is 10.0 Å². The van der Waals surface area contributed by atoms with Gasteiger partial charge in [-0.15, -0.1) is 0 Å². The highest BCUT2D eigenvalue weighted by molar-refractivity contribution is 9.10. The summed E-state index contributed by atoms with van der Waals surface area (Å²) in [6.45, 7) is 6.59. The van der Waals surface area contributed by atoms with Gasteiger partial charge in [-0.2, -0.15) is 0 Å². The number of benzene rings is 1. The molecule has 0 unspecified atom stereocenters. The minimum absolute atomic E-state index is 0.0893. The first-order chi connectivity index (χ1) is 8.12. The Bertz CT molecular complexity index is 523. The molecule has 1 aromatic carbocycles. The summed E-state index contributed by atoms with van der Waals surface area (Å²) in [7, 11) is -3.53. The minimum atomic E-state index is -3.53. The second-order valence-electron chi connectivity index (χ2n) is 5.28. The molecule has 1 N–H and O–H groups in total. The Kier molecular flexibility index (Phi) is 5.23. The zero-order valence-corrected chi connectivity index (χ0v) is 13.8. The molecule has 6 heteroatoms. The molecule has 0 bridgehead atoms. The lowest BCUT2D eigenvalue weighted by Gasteiger charge is -2.18. The van der Waals surface area contributed by atoms with Crippen LogP contribution in [0.1, 0.15) is 27.2 Å². The smallest absolute Gasteiger partial charge is 0.211 e. The van der Waals surface area contributed by atoms with Crippen LogP contribution >= 0.6 is 27.5 Å². The molecule has 0 amide bonds. The van der Waals surface area contributed by atoms with Crippen molar-refractivity contribution >= 4 is 37.6 Å². The van der Waals surface area contributed by atoms with Gasteiger partial charge >= 0.3 is 0 Å².